The maximum atomic E-state index is 13.8. The second-order valence-corrected chi connectivity index (χ2v) is 15.4. The van der Waals surface area contributed by atoms with Crippen LogP contribution in [0.3, 0.4) is 0 Å². The van der Waals surface area contributed by atoms with Crippen molar-refractivity contribution in [3.63, 3.8) is 0 Å². The number of nitrogens with zero attached hydrogens (tertiary/aromatic N) is 2. The van der Waals surface area contributed by atoms with Gasteiger partial charge in [-0.15, -0.1) is 0 Å². The molecule has 3 aliphatic carbocycles. The van der Waals surface area contributed by atoms with Gasteiger partial charge in [0.2, 0.25) is 11.8 Å². The largest absolute Gasteiger partial charge is 0.481 e. The van der Waals surface area contributed by atoms with E-state index >= 15 is 0 Å². The topological polar surface area (TPSA) is 170 Å². The fourth-order valence-electron chi connectivity index (χ4n) is 8.03. The van der Waals surface area contributed by atoms with Gasteiger partial charge < -0.3 is 25.7 Å². The zero-order valence-electron chi connectivity index (χ0n) is 30.0. The first kappa shape index (κ1) is 39.0. The molecule has 13 heteroatoms. The van der Waals surface area contributed by atoms with Crippen LogP contribution in [0.25, 0.3) is 0 Å². The first-order valence-corrected chi connectivity index (χ1v) is 18.4. The van der Waals surface area contributed by atoms with Gasteiger partial charge in [0.05, 0.1) is 17.6 Å². The number of hydrogen-bond donors (Lipinski definition) is 4. The van der Waals surface area contributed by atoms with E-state index in [4.69, 9.17) is 15.0 Å². The van der Waals surface area contributed by atoms with Crippen LogP contribution in [0.1, 0.15) is 144 Å². The van der Waals surface area contributed by atoms with Crippen molar-refractivity contribution in [2.75, 3.05) is 6.54 Å². The van der Waals surface area contributed by atoms with Gasteiger partial charge >= 0.3 is 7.12 Å². The number of hydrazine groups is 1. The Kier molecular flexibility index (Phi) is 15.3. The highest BCUT2D eigenvalue weighted by Gasteiger charge is 2.68. The normalized spacial score (nSPS) is 25.9. The van der Waals surface area contributed by atoms with Crippen molar-refractivity contribution >= 4 is 24.9 Å². The average molecular weight is 663 g/mol. The van der Waals surface area contributed by atoms with E-state index in [9.17, 15) is 19.7 Å². The van der Waals surface area contributed by atoms with Crippen LogP contribution in [0, 0.1) is 33.3 Å². The second kappa shape index (κ2) is 18.4. The van der Waals surface area contributed by atoms with E-state index in [2.05, 4.69) is 57.2 Å². The van der Waals surface area contributed by atoms with Gasteiger partial charge in [-0.1, -0.05) is 97.8 Å². The SMILES string of the molecule is CCCCCCCCCCCCC(=O)N[C@@H](CCCN=C(N)N[N+](=O)[O-])C(=O)N[C@@H](CC(C)C)B1O[C@@H]2C[C@H]3C[C@H](C3(C)C)[C@]2(C)O1. The maximum Gasteiger partial charge on any atom is 0.481 e. The van der Waals surface area contributed by atoms with Gasteiger partial charge in [-0.05, 0) is 68.6 Å². The predicted octanol–water partition coefficient (Wildman–Crippen LogP) is 5.46. The van der Waals surface area contributed by atoms with Gasteiger partial charge in [0.15, 0.2) is 5.03 Å². The van der Waals surface area contributed by atoms with Crippen LogP contribution in [-0.4, -0.2) is 60.2 Å². The fourth-order valence-corrected chi connectivity index (χ4v) is 8.03. The lowest BCUT2D eigenvalue weighted by molar-refractivity contribution is -0.525. The molecular formula is C34H63BN6O6. The van der Waals surface area contributed by atoms with E-state index in [0.29, 0.717) is 37.5 Å². The van der Waals surface area contributed by atoms with Crippen molar-refractivity contribution in [1.82, 2.24) is 16.1 Å². The number of carbonyl (C=O) groups is 2. The lowest BCUT2D eigenvalue weighted by Crippen LogP contribution is -2.65. The molecule has 0 radical (unpaired) electrons. The molecule has 268 valence electrons. The van der Waals surface area contributed by atoms with Crippen LogP contribution in [0.2, 0.25) is 0 Å². The summed E-state index contributed by atoms with van der Waals surface area (Å²) in [5.74, 6) is 0.201. The highest BCUT2D eigenvalue weighted by molar-refractivity contribution is 6.48. The molecule has 1 saturated heterocycles. The highest BCUT2D eigenvalue weighted by atomic mass is 16.7. The molecular weight excluding hydrogens is 599 g/mol. The Balaban J connectivity index is 1.57. The van der Waals surface area contributed by atoms with Crippen LogP contribution >= 0.6 is 0 Å². The standard InChI is InChI=1S/C34H63BN6O6/c1-7-8-9-10-11-12-13-14-15-16-19-30(42)38-26(18-17-20-37-32(36)40-41(44)45)31(43)39-29(21-24(2)3)35-46-28-23-25-22-27(33(25,4)5)34(28,6)47-35/h24-29H,7-23H2,1-6H3,(H,38,42)(H,39,43)(H3,36,37,40)/t25-,26+,27-,28-,29+,34+/m1/s1. The fraction of sp³-hybridized carbons (Fsp3) is 0.912. The molecule has 12 nitrogen and oxygen atoms in total. The Hall–Kier alpha value is -2.41. The van der Waals surface area contributed by atoms with E-state index in [-0.39, 0.29) is 53.3 Å². The van der Waals surface area contributed by atoms with Crippen molar-refractivity contribution in [3.05, 3.63) is 10.1 Å². The molecule has 4 fully saturated rings. The van der Waals surface area contributed by atoms with Gasteiger partial charge in [0.1, 0.15) is 6.04 Å². The number of nitrogens with two attached hydrogens (primary N) is 1. The van der Waals surface area contributed by atoms with E-state index in [1.54, 1.807) is 0 Å². The summed E-state index contributed by atoms with van der Waals surface area (Å²) >= 11 is 0. The zero-order valence-corrected chi connectivity index (χ0v) is 30.0. The quantitative estimate of drug-likeness (QED) is 0.0296. The van der Waals surface area contributed by atoms with Crippen molar-refractivity contribution < 1.29 is 23.9 Å². The van der Waals surface area contributed by atoms with Crippen molar-refractivity contribution in [2.45, 2.75) is 168 Å². The minimum atomic E-state index is -0.786. The number of aliphatic imine (C=N–C) groups is 1. The van der Waals surface area contributed by atoms with Gasteiger partial charge in [-0.2, -0.15) is 0 Å². The molecule has 6 atom stereocenters. The molecule has 0 aromatic rings. The molecule has 2 amide bonds. The Morgan fingerprint density at radius 1 is 1.00 bits per heavy atom. The summed E-state index contributed by atoms with van der Waals surface area (Å²) in [6.07, 6.45) is 15.6. The highest BCUT2D eigenvalue weighted by Crippen LogP contribution is 2.65. The molecule has 0 unspecified atom stereocenters. The van der Waals surface area contributed by atoms with Crippen molar-refractivity contribution in [3.8, 4) is 0 Å². The first-order valence-electron chi connectivity index (χ1n) is 18.4. The number of amides is 2. The smallest absolute Gasteiger partial charge is 0.404 e. The first-order chi connectivity index (χ1) is 22.3. The molecule has 1 heterocycles. The summed E-state index contributed by atoms with van der Waals surface area (Å²) in [5.41, 5.74) is 7.20. The third kappa shape index (κ3) is 11.3. The number of hydrogen-bond acceptors (Lipinski definition) is 7. The molecule has 4 aliphatic rings. The third-order valence-electron chi connectivity index (χ3n) is 10.9. The minimum Gasteiger partial charge on any atom is -0.404 e. The number of carbonyl (C=O) groups excluding carboxylic acids is 2. The van der Waals surface area contributed by atoms with E-state index in [1.807, 2.05) is 5.43 Å². The molecule has 2 bridgehead atoms. The number of unbranched alkanes of at least 4 members (excludes halogenated alkanes) is 9. The Morgan fingerprint density at radius 2 is 1.64 bits per heavy atom. The van der Waals surface area contributed by atoms with Crippen molar-refractivity contribution in [2.24, 2.45) is 33.9 Å². The van der Waals surface area contributed by atoms with E-state index < -0.39 is 18.2 Å². The van der Waals surface area contributed by atoms with Crippen LogP contribution in [-0.2, 0) is 18.9 Å². The molecule has 5 N–H and O–H groups in total. The molecule has 4 rings (SSSR count). The molecule has 0 aromatic heterocycles. The Labute approximate surface area is 283 Å². The summed E-state index contributed by atoms with van der Waals surface area (Å²) < 4.78 is 13.3. The van der Waals surface area contributed by atoms with Crippen molar-refractivity contribution in [1.29, 1.82) is 0 Å². The average Bonchev–Trinajstić information content (AvgIpc) is 3.36. The molecule has 0 aromatic carbocycles. The zero-order chi connectivity index (χ0) is 34.6. The molecule has 47 heavy (non-hydrogen) atoms. The number of rotatable bonds is 22. The predicted molar refractivity (Wildman–Crippen MR) is 186 cm³/mol. The third-order valence-corrected chi connectivity index (χ3v) is 10.9. The Morgan fingerprint density at radius 3 is 2.23 bits per heavy atom. The lowest BCUT2D eigenvalue weighted by Gasteiger charge is -2.64. The number of guanidine groups is 1. The Bertz CT molecular complexity index is 1060. The molecule has 0 spiro atoms. The van der Waals surface area contributed by atoms with E-state index in [0.717, 1.165) is 32.1 Å². The van der Waals surface area contributed by atoms with Crippen LogP contribution in [0.4, 0.5) is 0 Å². The number of nitrogens with one attached hydrogen (secondary N) is 3. The van der Waals surface area contributed by atoms with Gasteiger partial charge in [-0.25, -0.2) is 15.1 Å². The summed E-state index contributed by atoms with van der Waals surface area (Å²) in [6.45, 7) is 13.4. The van der Waals surface area contributed by atoms with Gasteiger partial charge in [-0.3, -0.25) is 9.59 Å². The van der Waals surface area contributed by atoms with Gasteiger partial charge in [0.25, 0.3) is 5.96 Å². The summed E-state index contributed by atoms with van der Waals surface area (Å²) in [6, 6.07) is -0.786. The van der Waals surface area contributed by atoms with E-state index in [1.165, 1.54) is 44.9 Å². The minimum absolute atomic E-state index is 0.00323. The van der Waals surface area contributed by atoms with Gasteiger partial charge in [0, 0.05) is 13.0 Å². The second-order valence-electron chi connectivity index (χ2n) is 15.4. The maximum absolute atomic E-state index is 13.8. The molecule has 1 aliphatic heterocycles. The summed E-state index contributed by atoms with van der Waals surface area (Å²) in [7, 11) is -0.563. The monoisotopic (exact) mass is 662 g/mol. The summed E-state index contributed by atoms with van der Waals surface area (Å²) in [4.78, 5) is 41.4. The summed E-state index contributed by atoms with van der Waals surface area (Å²) in [5, 5.41) is 16.0. The van der Waals surface area contributed by atoms with Crippen LogP contribution in [0.15, 0.2) is 4.99 Å². The van der Waals surface area contributed by atoms with Crippen LogP contribution < -0.4 is 21.8 Å². The molecule has 3 saturated carbocycles. The van der Waals surface area contributed by atoms with Crippen LogP contribution in [0.5, 0.6) is 0 Å². The lowest BCUT2D eigenvalue weighted by atomic mass is 9.43. The number of nitro groups is 1.